The lowest BCUT2D eigenvalue weighted by Crippen LogP contribution is -2.45. The number of nitrogens with zero attached hydrogens (tertiary/aromatic N) is 3. The van der Waals surface area contributed by atoms with Crippen LogP contribution in [0.2, 0.25) is 0 Å². The van der Waals surface area contributed by atoms with Crippen LogP contribution < -0.4 is 5.32 Å². The molecule has 0 aromatic carbocycles. The summed E-state index contributed by atoms with van der Waals surface area (Å²) in [4.78, 5) is 14.3. The second-order valence-electron chi connectivity index (χ2n) is 7.09. The molecule has 134 valence electrons. The van der Waals surface area contributed by atoms with Crippen LogP contribution in [0.3, 0.4) is 0 Å². The minimum absolute atomic E-state index is 0.0266. The number of ether oxygens (including phenoxy) is 1. The summed E-state index contributed by atoms with van der Waals surface area (Å²) in [5.41, 5.74) is 3.28. The summed E-state index contributed by atoms with van der Waals surface area (Å²) in [5.74, 6) is 0.807. The van der Waals surface area contributed by atoms with Gasteiger partial charge >= 0.3 is 6.03 Å². The smallest absolute Gasteiger partial charge is 0.317 e. The van der Waals surface area contributed by atoms with Gasteiger partial charge in [-0.15, -0.1) is 0 Å². The van der Waals surface area contributed by atoms with Crippen LogP contribution in [0.25, 0.3) is 0 Å². The van der Waals surface area contributed by atoms with Crippen molar-refractivity contribution in [3.8, 4) is 0 Å². The van der Waals surface area contributed by atoms with Gasteiger partial charge in [0.2, 0.25) is 0 Å². The van der Waals surface area contributed by atoms with Crippen molar-refractivity contribution >= 4 is 6.03 Å². The van der Waals surface area contributed by atoms with Crippen LogP contribution in [0.5, 0.6) is 0 Å². The number of amides is 2. The predicted octanol–water partition coefficient (Wildman–Crippen LogP) is 2.62. The molecular formula is C18H30N4O2. The first-order valence-electron chi connectivity index (χ1n) is 9.25. The van der Waals surface area contributed by atoms with Crippen molar-refractivity contribution in [2.75, 3.05) is 19.7 Å². The lowest BCUT2D eigenvalue weighted by Gasteiger charge is -2.32. The molecule has 2 amide bonds. The highest BCUT2D eigenvalue weighted by Gasteiger charge is 2.27. The maximum atomic E-state index is 12.4. The highest BCUT2D eigenvalue weighted by atomic mass is 16.5. The third-order valence-corrected chi connectivity index (χ3v) is 5.24. The highest BCUT2D eigenvalue weighted by Crippen LogP contribution is 2.30. The van der Waals surface area contributed by atoms with E-state index in [2.05, 4.69) is 24.3 Å². The van der Waals surface area contributed by atoms with Crippen molar-refractivity contribution in [3.05, 3.63) is 17.0 Å². The number of hydrogen-bond donors (Lipinski definition) is 1. The molecule has 0 bridgehead atoms. The second kappa shape index (κ2) is 7.55. The van der Waals surface area contributed by atoms with Crippen molar-refractivity contribution in [3.63, 3.8) is 0 Å². The second-order valence-corrected chi connectivity index (χ2v) is 7.09. The SMILES string of the molecule is CCn1nc(C)c(CNC(=O)N2CCC(OCC3CC3)CC2)c1C. The summed E-state index contributed by atoms with van der Waals surface area (Å²) in [6.07, 6.45) is 4.89. The van der Waals surface area contributed by atoms with Crippen molar-refractivity contribution < 1.29 is 9.53 Å². The third-order valence-electron chi connectivity index (χ3n) is 5.24. The number of hydrogen-bond acceptors (Lipinski definition) is 3. The molecule has 1 aromatic heterocycles. The summed E-state index contributed by atoms with van der Waals surface area (Å²) in [5, 5.41) is 7.56. The Labute approximate surface area is 144 Å². The fraction of sp³-hybridized carbons (Fsp3) is 0.778. The Balaban J connectivity index is 1.43. The zero-order valence-electron chi connectivity index (χ0n) is 15.2. The minimum Gasteiger partial charge on any atom is -0.378 e. The molecule has 2 aliphatic rings. The summed E-state index contributed by atoms with van der Waals surface area (Å²) in [6, 6.07) is 0.0266. The first kappa shape index (κ1) is 17.3. The van der Waals surface area contributed by atoms with Crippen LogP contribution >= 0.6 is 0 Å². The van der Waals surface area contributed by atoms with E-state index >= 15 is 0 Å². The highest BCUT2D eigenvalue weighted by molar-refractivity contribution is 5.74. The normalized spacial score (nSPS) is 18.9. The van der Waals surface area contributed by atoms with Gasteiger partial charge in [-0.25, -0.2) is 4.79 Å². The van der Waals surface area contributed by atoms with E-state index in [4.69, 9.17) is 4.74 Å². The Morgan fingerprint density at radius 2 is 1.96 bits per heavy atom. The monoisotopic (exact) mass is 334 g/mol. The molecule has 1 N–H and O–H groups in total. The largest absolute Gasteiger partial charge is 0.378 e. The van der Waals surface area contributed by atoms with Crippen LogP contribution in [0, 0.1) is 19.8 Å². The summed E-state index contributed by atoms with van der Waals surface area (Å²) >= 11 is 0. The Morgan fingerprint density at radius 1 is 1.25 bits per heavy atom. The molecule has 2 heterocycles. The van der Waals surface area contributed by atoms with E-state index in [9.17, 15) is 4.79 Å². The van der Waals surface area contributed by atoms with Gasteiger partial charge in [0, 0.05) is 44.0 Å². The van der Waals surface area contributed by atoms with Gasteiger partial charge in [-0.2, -0.15) is 5.10 Å². The molecule has 6 heteroatoms. The summed E-state index contributed by atoms with van der Waals surface area (Å²) < 4.78 is 7.93. The van der Waals surface area contributed by atoms with E-state index in [-0.39, 0.29) is 6.03 Å². The zero-order valence-corrected chi connectivity index (χ0v) is 15.2. The van der Waals surface area contributed by atoms with E-state index in [1.165, 1.54) is 12.8 Å². The number of rotatable bonds is 6. The number of carbonyl (C=O) groups excluding carboxylic acids is 1. The lowest BCUT2D eigenvalue weighted by molar-refractivity contribution is 0.00946. The fourth-order valence-electron chi connectivity index (χ4n) is 3.36. The number of urea groups is 1. The van der Waals surface area contributed by atoms with Gasteiger partial charge in [-0.05, 0) is 52.4 Å². The molecule has 1 aromatic rings. The summed E-state index contributed by atoms with van der Waals surface area (Å²) in [6.45, 7) is 10.0. The quantitative estimate of drug-likeness (QED) is 0.870. The van der Waals surface area contributed by atoms with Gasteiger partial charge in [0.1, 0.15) is 0 Å². The zero-order chi connectivity index (χ0) is 17.1. The van der Waals surface area contributed by atoms with E-state index in [0.29, 0.717) is 12.6 Å². The van der Waals surface area contributed by atoms with Crippen LogP contribution in [0.4, 0.5) is 4.79 Å². The van der Waals surface area contributed by atoms with Gasteiger partial charge in [-0.1, -0.05) is 0 Å². The van der Waals surface area contributed by atoms with Crippen molar-refractivity contribution in [1.29, 1.82) is 0 Å². The molecule has 2 fully saturated rings. The molecule has 0 radical (unpaired) electrons. The number of piperidine rings is 1. The van der Waals surface area contributed by atoms with Crippen molar-refractivity contribution in [2.45, 2.75) is 65.6 Å². The van der Waals surface area contributed by atoms with Gasteiger partial charge in [0.05, 0.1) is 11.8 Å². The number of carbonyl (C=O) groups is 1. The topological polar surface area (TPSA) is 59.4 Å². The number of aromatic nitrogens is 2. The molecule has 1 aliphatic carbocycles. The van der Waals surface area contributed by atoms with E-state index in [1.807, 2.05) is 16.5 Å². The maximum Gasteiger partial charge on any atom is 0.317 e. The number of aryl methyl sites for hydroxylation is 2. The predicted molar refractivity (Wildman–Crippen MR) is 92.9 cm³/mol. The van der Waals surface area contributed by atoms with E-state index < -0.39 is 0 Å². The molecule has 24 heavy (non-hydrogen) atoms. The van der Waals surface area contributed by atoms with E-state index in [0.717, 1.165) is 62.0 Å². The Morgan fingerprint density at radius 3 is 2.54 bits per heavy atom. The standard InChI is InChI=1S/C18H30N4O2/c1-4-22-14(3)17(13(2)20-22)11-19-18(23)21-9-7-16(8-10-21)24-12-15-5-6-15/h15-16H,4-12H2,1-3H3,(H,19,23). The van der Waals surface area contributed by atoms with Gasteiger partial charge < -0.3 is 15.0 Å². The van der Waals surface area contributed by atoms with Crippen molar-refractivity contribution in [2.24, 2.45) is 5.92 Å². The summed E-state index contributed by atoms with van der Waals surface area (Å²) in [7, 11) is 0. The molecule has 0 atom stereocenters. The minimum atomic E-state index is 0.0266. The lowest BCUT2D eigenvalue weighted by atomic mass is 10.1. The van der Waals surface area contributed by atoms with E-state index in [1.54, 1.807) is 0 Å². The van der Waals surface area contributed by atoms with Crippen molar-refractivity contribution in [1.82, 2.24) is 20.0 Å². The molecule has 3 rings (SSSR count). The first-order chi connectivity index (χ1) is 11.6. The van der Waals surface area contributed by atoms with Gasteiger partial charge in [-0.3, -0.25) is 4.68 Å². The molecular weight excluding hydrogens is 304 g/mol. The Bertz CT molecular complexity index is 572. The van der Waals surface area contributed by atoms with Crippen LogP contribution in [0.15, 0.2) is 0 Å². The fourth-order valence-corrected chi connectivity index (χ4v) is 3.36. The molecule has 1 aliphatic heterocycles. The molecule has 1 saturated carbocycles. The first-order valence-corrected chi connectivity index (χ1v) is 9.25. The Hall–Kier alpha value is -1.56. The number of nitrogens with one attached hydrogen (secondary N) is 1. The van der Waals surface area contributed by atoms with Gasteiger partial charge in [0.15, 0.2) is 0 Å². The van der Waals surface area contributed by atoms with Gasteiger partial charge in [0.25, 0.3) is 0 Å². The molecule has 0 unspecified atom stereocenters. The van der Waals surface area contributed by atoms with Crippen LogP contribution in [-0.2, 0) is 17.8 Å². The number of likely N-dealkylation sites (tertiary alicyclic amines) is 1. The maximum absolute atomic E-state index is 12.4. The average molecular weight is 334 g/mol. The third kappa shape index (κ3) is 4.09. The molecule has 1 saturated heterocycles. The average Bonchev–Trinajstić information content (AvgIpc) is 3.38. The van der Waals surface area contributed by atoms with Crippen LogP contribution in [-0.4, -0.2) is 46.5 Å². The van der Waals surface area contributed by atoms with Crippen LogP contribution in [0.1, 0.15) is 49.6 Å². The molecule has 0 spiro atoms. The Kier molecular flexibility index (Phi) is 5.43. The molecule has 6 nitrogen and oxygen atoms in total.